The Hall–Kier alpha value is -1.25. The smallest absolute Gasteiger partial charge is 0.123 e. The van der Waals surface area contributed by atoms with E-state index in [0.29, 0.717) is 23.4 Å². The lowest BCUT2D eigenvalue weighted by molar-refractivity contribution is 0.626. The maximum atomic E-state index is 12.9. The van der Waals surface area contributed by atoms with Crippen LogP contribution in [-0.4, -0.2) is 16.5 Å². The van der Waals surface area contributed by atoms with Crippen LogP contribution in [0, 0.1) is 17.1 Å². The van der Waals surface area contributed by atoms with E-state index in [1.807, 2.05) is 6.07 Å². The molecule has 0 heterocycles. The Balaban J connectivity index is 2.88. The van der Waals surface area contributed by atoms with Crippen LogP contribution in [0.25, 0.3) is 0 Å². The molecular formula is C10H11FN2OS. The van der Waals surface area contributed by atoms with Crippen molar-refractivity contribution in [3.8, 4) is 6.07 Å². The minimum Gasteiger partial charge on any atom is -0.330 e. The van der Waals surface area contributed by atoms with Crippen LogP contribution in [0.2, 0.25) is 0 Å². The minimum atomic E-state index is -1.13. The van der Waals surface area contributed by atoms with Gasteiger partial charge in [0.1, 0.15) is 5.82 Å². The first-order valence-corrected chi connectivity index (χ1v) is 5.89. The second-order valence-corrected chi connectivity index (χ2v) is 4.57. The zero-order chi connectivity index (χ0) is 11.3. The number of hydrogen-bond donors (Lipinski definition) is 1. The molecule has 0 aliphatic rings. The largest absolute Gasteiger partial charge is 0.330 e. The zero-order valence-electron chi connectivity index (χ0n) is 8.07. The van der Waals surface area contributed by atoms with Crippen LogP contribution in [0.3, 0.4) is 0 Å². The first-order valence-electron chi connectivity index (χ1n) is 4.41. The number of rotatable bonds is 4. The molecule has 1 atom stereocenters. The van der Waals surface area contributed by atoms with Crippen LogP contribution < -0.4 is 5.73 Å². The van der Waals surface area contributed by atoms with E-state index < -0.39 is 16.6 Å². The van der Waals surface area contributed by atoms with Crippen molar-refractivity contribution in [2.75, 3.05) is 12.3 Å². The lowest BCUT2D eigenvalue weighted by atomic mass is 10.1. The van der Waals surface area contributed by atoms with Gasteiger partial charge >= 0.3 is 0 Å². The SMILES string of the molecule is N#Cc1ccc(F)cc1CS(=O)CCN. The summed E-state index contributed by atoms with van der Waals surface area (Å²) >= 11 is 0. The zero-order valence-corrected chi connectivity index (χ0v) is 8.89. The number of halogens is 1. The quantitative estimate of drug-likeness (QED) is 0.829. The highest BCUT2D eigenvalue weighted by molar-refractivity contribution is 7.84. The summed E-state index contributed by atoms with van der Waals surface area (Å²) in [6.07, 6.45) is 0. The number of hydrogen-bond acceptors (Lipinski definition) is 3. The summed E-state index contributed by atoms with van der Waals surface area (Å²) in [5.41, 5.74) is 6.09. The van der Waals surface area contributed by atoms with Gasteiger partial charge in [-0.1, -0.05) is 0 Å². The lowest BCUT2D eigenvalue weighted by Crippen LogP contribution is -2.12. The Kier molecular flexibility index (Phi) is 4.40. The Labute approximate surface area is 90.2 Å². The second kappa shape index (κ2) is 5.59. The summed E-state index contributed by atoms with van der Waals surface area (Å²) in [7, 11) is -1.13. The topological polar surface area (TPSA) is 66.9 Å². The van der Waals surface area contributed by atoms with Gasteiger partial charge in [-0.25, -0.2) is 4.39 Å². The number of benzene rings is 1. The van der Waals surface area contributed by atoms with Crippen molar-refractivity contribution in [2.45, 2.75) is 5.75 Å². The third-order valence-corrected chi connectivity index (χ3v) is 3.17. The predicted octanol–water partition coefficient (Wildman–Crippen LogP) is 0.905. The molecule has 80 valence electrons. The van der Waals surface area contributed by atoms with E-state index in [-0.39, 0.29) is 5.75 Å². The van der Waals surface area contributed by atoms with Crippen molar-refractivity contribution < 1.29 is 8.60 Å². The average Bonchev–Trinajstić information content (AvgIpc) is 2.18. The maximum Gasteiger partial charge on any atom is 0.123 e. The summed E-state index contributed by atoms with van der Waals surface area (Å²) in [4.78, 5) is 0. The molecule has 0 aliphatic heterocycles. The molecule has 2 N–H and O–H groups in total. The molecule has 0 amide bonds. The second-order valence-electron chi connectivity index (χ2n) is 2.99. The van der Waals surface area contributed by atoms with Gasteiger partial charge in [0.25, 0.3) is 0 Å². The van der Waals surface area contributed by atoms with Crippen LogP contribution in [-0.2, 0) is 16.6 Å². The Morgan fingerprint density at radius 2 is 2.27 bits per heavy atom. The monoisotopic (exact) mass is 226 g/mol. The number of nitrogens with zero attached hydrogens (tertiary/aromatic N) is 1. The fraction of sp³-hybridized carbons (Fsp3) is 0.300. The Morgan fingerprint density at radius 3 is 2.87 bits per heavy atom. The van der Waals surface area contributed by atoms with Crippen molar-refractivity contribution in [3.63, 3.8) is 0 Å². The van der Waals surface area contributed by atoms with Crippen LogP contribution in [0.1, 0.15) is 11.1 Å². The first kappa shape index (κ1) is 11.8. The average molecular weight is 226 g/mol. The Bertz CT molecular complexity index is 414. The van der Waals surface area contributed by atoms with Gasteiger partial charge in [-0.2, -0.15) is 5.26 Å². The highest BCUT2D eigenvalue weighted by Crippen LogP contribution is 2.12. The molecule has 0 saturated heterocycles. The van der Waals surface area contributed by atoms with Gasteiger partial charge < -0.3 is 5.73 Å². The molecule has 3 nitrogen and oxygen atoms in total. The molecule has 15 heavy (non-hydrogen) atoms. The molecule has 5 heteroatoms. The van der Waals surface area contributed by atoms with Gasteiger partial charge in [0.15, 0.2) is 0 Å². The van der Waals surface area contributed by atoms with Crippen molar-refractivity contribution in [3.05, 3.63) is 35.1 Å². The molecule has 1 aromatic carbocycles. The maximum absolute atomic E-state index is 12.9. The van der Waals surface area contributed by atoms with Gasteiger partial charge in [0.05, 0.1) is 11.6 Å². The summed E-state index contributed by atoms with van der Waals surface area (Å²) in [6.45, 7) is 0.323. The number of nitriles is 1. The van der Waals surface area contributed by atoms with Crippen molar-refractivity contribution in [1.29, 1.82) is 5.26 Å². The molecule has 1 aromatic rings. The van der Waals surface area contributed by atoms with Crippen LogP contribution >= 0.6 is 0 Å². The number of nitrogens with two attached hydrogens (primary N) is 1. The lowest BCUT2D eigenvalue weighted by Gasteiger charge is -2.03. The predicted molar refractivity (Wildman–Crippen MR) is 56.9 cm³/mol. The third kappa shape index (κ3) is 3.42. The van der Waals surface area contributed by atoms with Crippen molar-refractivity contribution in [2.24, 2.45) is 5.73 Å². The van der Waals surface area contributed by atoms with Crippen LogP contribution in [0.5, 0.6) is 0 Å². The molecule has 1 unspecified atom stereocenters. The summed E-state index contributed by atoms with van der Waals surface area (Å²) in [5.74, 6) is 0.118. The fourth-order valence-electron chi connectivity index (χ4n) is 1.17. The molecule has 0 aromatic heterocycles. The van der Waals surface area contributed by atoms with E-state index in [1.165, 1.54) is 18.2 Å². The molecule has 0 aliphatic carbocycles. The highest BCUT2D eigenvalue weighted by Gasteiger charge is 2.07. The fourth-order valence-corrected chi connectivity index (χ4v) is 2.16. The molecule has 0 saturated carbocycles. The summed E-state index contributed by atoms with van der Waals surface area (Å²) in [5, 5.41) is 8.76. The van der Waals surface area contributed by atoms with E-state index in [0.717, 1.165) is 0 Å². The third-order valence-electron chi connectivity index (χ3n) is 1.85. The summed E-state index contributed by atoms with van der Waals surface area (Å²) in [6, 6.07) is 5.79. The van der Waals surface area contributed by atoms with Gasteiger partial charge in [-0.05, 0) is 23.8 Å². The molecular weight excluding hydrogens is 215 g/mol. The van der Waals surface area contributed by atoms with Crippen LogP contribution in [0.15, 0.2) is 18.2 Å². The Morgan fingerprint density at radius 1 is 1.53 bits per heavy atom. The van der Waals surface area contributed by atoms with Crippen LogP contribution in [0.4, 0.5) is 4.39 Å². The van der Waals surface area contributed by atoms with Crippen molar-refractivity contribution >= 4 is 10.8 Å². The van der Waals surface area contributed by atoms with E-state index in [9.17, 15) is 8.60 Å². The van der Waals surface area contributed by atoms with E-state index in [2.05, 4.69) is 0 Å². The highest BCUT2D eigenvalue weighted by atomic mass is 32.2. The standard InChI is InChI=1S/C10H11FN2OS/c11-10-2-1-8(6-13)9(5-10)7-15(14)4-3-12/h1-2,5H,3-4,7,12H2. The van der Waals surface area contributed by atoms with Crippen molar-refractivity contribution in [1.82, 2.24) is 0 Å². The summed E-state index contributed by atoms with van der Waals surface area (Å²) < 4.78 is 24.3. The minimum absolute atomic E-state index is 0.178. The molecule has 0 fully saturated rings. The van der Waals surface area contributed by atoms with E-state index in [1.54, 1.807) is 0 Å². The first-order chi connectivity index (χ1) is 7.17. The van der Waals surface area contributed by atoms with Gasteiger partial charge in [0.2, 0.25) is 0 Å². The molecule has 0 spiro atoms. The molecule has 0 radical (unpaired) electrons. The van der Waals surface area contributed by atoms with Gasteiger partial charge in [-0.3, -0.25) is 4.21 Å². The molecule has 0 bridgehead atoms. The molecule has 1 rings (SSSR count). The normalized spacial score (nSPS) is 12.1. The van der Waals surface area contributed by atoms with Gasteiger partial charge in [-0.15, -0.1) is 0 Å². The van der Waals surface area contributed by atoms with E-state index >= 15 is 0 Å². The van der Waals surface area contributed by atoms with E-state index in [4.69, 9.17) is 11.0 Å². The van der Waals surface area contributed by atoms with Gasteiger partial charge in [0, 0.05) is 28.9 Å².